The number of rotatable bonds is 5. The summed E-state index contributed by atoms with van der Waals surface area (Å²) >= 11 is 1.31. The zero-order valence-corrected chi connectivity index (χ0v) is 10.4. The Labute approximate surface area is 99.1 Å². The highest BCUT2D eigenvalue weighted by Crippen LogP contribution is 2.46. The predicted octanol–water partition coefficient (Wildman–Crippen LogP) is 2.13. The van der Waals surface area contributed by atoms with Gasteiger partial charge in [-0.15, -0.1) is 0 Å². The van der Waals surface area contributed by atoms with Crippen molar-refractivity contribution in [2.75, 3.05) is 5.75 Å². The second-order valence-electron chi connectivity index (χ2n) is 4.40. The molecule has 0 spiro atoms. The molecule has 0 aliphatic heterocycles. The summed E-state index contributed by atoms with van der Waals surface area (Å²) in [7, 11) is 0. The van der Waals surface area contributed by atoms with Crippen molar-refractivity contribution in [3.05, 3.63) is 11.9 Å². The maximum absolute atomic E-state index is 10.6. The molecule has 2 rings (SSSR count). The molecule has 4 nitrogen and oxygen atoms in total. The Hall–Kier alpha value is -0.970. The lowest BCUT2D eigenvalue weighted by Crippen LogP contribution is -2.16. The Balaban J connectivity index is 2.24. The first-order chi connectivity index (χ1) is 7.57. The standard InChI is InChI=1S/C11H16N2O2S/c1-3-8-6-12-10(16-7-9(14)15)13(8)11(2)4-5-11/h6H,3-5,7H2,1-2H3,(H,14,15). The van der Waals surface area contributed by atoms with Crippen LogP contribution in [0.15, 0.2) is 11.4 Å². The van der Waals surface area contributed by atoms with Gasteiger partial charge in [-0.05, 0) is 26.2 Å². The number of carboxylic acids is 1. The van der Waals surface area contributed by atoms with E-state index in [9.17, 15) is 4.79 Å². The van der Waals surface area contributed by atoms with Crippen molar-refractivity contribution in [2.24, 2.45) is 0 Å². The zero-order valence-electron chi connectivity index (χ0n) is 9.56. The highest BCUT2D eigenvalue weighted by molar-refractivity contribution is 7.99. The van der Waals surface area contributed by atoms with Gasteiger partial charge < -0.3 is 9.67 Å². The SMILES string of the molecule is CCc1cnc(SCC(=O)O)n1C1(C)CC1. The Kier molecular flexibility index (Phi) is 2.97. The van der Waals surface area contributed by atoms with E-state index in [4.69, 9.17) is 5.11 Å². The van der Waals surface area contributed by atoms with Gasteiger partial charge in [-0.1, -0.05) is 18.7 Å². The number of carbonyl (C=O) groups is 1. The molecule has 1 aromatic heterocycles. The van der Waals surface area contributed by atoms with Gasteiger partial charge in [0.1, 0.15) is 0 Å². The first-order valence-electron chi connectivity index (χ1n) is 5.48. The number of aromatic nitrogens is 2. The monoisotopic (exact) mass is 240 g/mol. The van der Waals surface area contributed by atoms with E-state index in [1.54, 1.807) is 0 Å². The van der Waals surface area contributed by atoms with Crippen molar-refractivity contribution < 1.29 is 9.90 Å². The summed E-state index contributed by atoms with van der Waals surface area (Å²) in [5, 5.41) is 9.54. The van der Waals surface area contributed by atoms with Crippen molar-refractivity contribution >= 4 is 17.7 Å². The number of hydrogen-bond donors (Lipinski definition) is 1. The number of carboxylic acid groups (broad SMARTS) is 1. The van der Waals surface area contributed by atoms with E-state index in [0.717, 1.165) is 24.4 Å². The van der Waals surface area contributed by atoms with Crippen LogP contribution in [0.25, 0.3) is 0 Å². The molecule has 1 aliphatic rings. The summed E-state index contributed by atoms with van der Waals surface area (Å²) in [4.78, 5) is 14.9. The summed E-state index contributed by atoms with van der Waals surface area (Å²) < 4.78 is 2.22. The number of aliphatic carboxylic acids is 1. The molecule has 0 bridgehead atoms. The molecule has 0 atom stereocenters. The second-order valence-corrected chi connectivity index (χ2v) is 5.34. The smallest absolute Gasteiger partial charge is 0.313 e. The average Bonchev–Trinajstić information content (AvgIpc) is 2.83. The van der Waals surface area contributed by atoms with Crippen LogP contribution >= 0.6 is 11.8 Å². The summed E-state index contributed by atoms with van der Waals surface area (Å²) in [6, 6.07) is 0. The van der Waals surface area contributed by atoms with E-state index in [-0.39, 0.29) is 11.3 Å². The van der Waals surface area contributed by atoms with Gasteiger partial charge in [0.15, 0.2) is 5.16 Å². The molecular formula is C11H16N2O2S. The maximum Gasteiger partial charge on any atom is 0.313 e. The van der Waals surface area contributed by atoms with Crippen LogP contribution in [0, 0.1) is 0 Å². The van der Waals surface area contributed by atoms with E-state index in [0.29, 0.717) is 0 Å². The average molecular weight is 240 g/mol. The van der Waals surface area contributed by atoms with Gasteiger partial charge in [-0.3, -0.25) is 4.79 Å². The van der Waals surface area contributed by atoms with Crippen LogP contribution in [0.5, 0.6) is 0 Å². The first kappa shape index (κ1) is 11.5. The van der Waals surface area contributed by atoms with Gasteiger partial charge >= 0.3 is 5.97 Å². The molecule has 5 heteroatoms. The largest absolute Gasteiger partial charge is 0.481 e. The van der Waals surface area contributed by atoms with E-state index in [2.05, 4.69) is 23.4 Å². The molecule has 1 N–H and O–H groups in total. The lowest BCUT2D eigenvalue weighted by molar-refractivity contribution is -0.133. The van der Waals surface area contributed by atoms with Gasteiger partial charge in [0.2, 0.25) is 0 Å². The van der Waals surface area contributed by atoms with Crippen molar-refractivity contribution in [3.63, 3.8) is 0 Å². The molecule has 1 saturated carbocycles. The lowest BCUT2D eigenvalue weighted by Gasteiger charge is -2.17. The van der Waals surface area contributed by atoms with Crippen LogP contribution in [0.1, 0.15) is 32.4 Å². The van der Waals surface area contributed by atoms with E-state index in [1.165, 1.54) is 17.5 Å². The van der Waals surface area contributed by atoms with Gasteiger partial charge in [-0.25, -0.2) is 4.98 Å². The third kappa shape index (κ3) is 2.09. The number of hydrogen-bond acceptors (Lipinski definition) is 3. The minimum atomic E-state index is -0.793. The molecule has 0 radical (unpaired) electrons. The molecule has 0 amide bonds. The fourth-order valence-electron chi connectivity index (χ4n) is 1.83. The van der Waals surface area contributed by atoms with Crippen molar-refractivity contribution in [3.8, 4) is 0 Å². The third-order valence-corrected chi connectivity index (χ3v) is 3.94. The zero-order chi connectivity index (χ0) is 11.8. The van der Waals surface area contributed by atoms with Crippen LogP contribution < -0.4 is 0 Å². The Bertz CT molecular complexity index is 410. The highest BCUT2D eigenvalue weighted by Gasteiger charge is 2.41. The van der Waals surface area contributed by atoms with E-state index >= 15 is 0 Å². The quantitative estimate of drug-likeness (QED) is 0.801. The molecule has 16 heavy (non-hydrogen) atoms. The van der Waals surface area contributed by atoms with E-state index < -0.39 is 5.97 Å². The summed E-state index contributed by atoms with van der Waals surface area (Å²) in [5.41, 5.74) is 1.38. The van der Waals surface area contributed by atoms with Crippen LogP contribution in [0.4, 0.5) is 0 Å². The summed E-state index contributed by atoms with van der Waals surface area (Å²) in [6.07, 6.45) is 5.14. The van der Waals surface area contributed by atoms with Gasteiger partial charge in [0, 0.05) is 17.4 Å². The predicted molar refractivity (Wildman–Crippen MR) is 62.8 cm³/mol. The van der Waals surface area contributed by atoms with Crippen molar-refractivity contribution in [1.29, 1.82) is 0 Å². The molecule has 0 unspecified atom stereocenters. The van der Waals surface area contributed by atoms with Crippen LogP contribution in [0.3, 0.4) is 0 Å². The minimum Gasteiger partial charge on any atom is -0.481 e. The molecule has 0 aromatic carbocycles. The fraction of sp³-hybridized carbons (Fsp3) is 0.636. The normalized spacial score (nSPS) is 17.4. The number of thioether (sulfide) groups is 1. The molecule has 1 fully saturated rings. The molecule has 88 valence electrons. The summed E-state index contributed by atoms with van der Waals surface area (Å²) in [6.45, 7) is 4.31. The third-order valence-electron chi connectivity index (χ3n) is 3.00. The maximum atomic E-state index is 10.6. The van der Waals surface area contributed by atoms with Crippen molar-refractivity contribution in [1.82, 2.24) is 9.55 Å². The molecule has 1 aromatic rings. The first-order valence-corrected chi connectivity index (χ1v) is 6.47. The van der Waals surface area contributed by atoms with Crippen LogP contribution in [-0.4, -0.2) is 26.4 Å². The lowest BCUT2D eigenvalue weighted by atomic mass is 10.3. The molecule has 0 saturated heterocycles. The number of imidazole rings is 1. The topological polar surface area (TPSA) is 55.1 Å². The molecule has 1 aliphatic carbocycles. The van der Waals surface area contributed by atoms with Gasteiger partial charge in [0.25, 0.3) is 0 Å². The number of aryl methyl sites for hydroxylation is 1. The van der Waals surface area contributed by atoms with E-state index in [1.807, 2.05) is 6.20 Å². The Morgan fingerprint density at radius 1 is 1.69 bits per heavy atom. The Morgan fingerprint density at radius 3 is 2.88 bits per heavy atom. The highest BCUT2D eigenvalue weighted by atomic mass is 32.2. The van der Waals surface area contributed by atoms with Crippen LogP contribution in [-0.2, 0) is 16.8 Å². The second kappa shape index (κ2) is 4.13. The summed E-state index contributed by atoms with van der Waals surface area (Å²) in [5.74, 6) is -0.713. The molecular weight excluding hydrogens is 224 g/mol. The Morgan fingerprint density at radius 2 is 2.38 bits per heavy atom. The van der Waals surface area contributed by atoms with Gasteiger partial charge in [-0.2, -0.15) is 0 Å². The minimum absolute atomic E-state index is 0.0796. The number of nitrogens with zero attached hydrogens (tertiary/aromatic N) is 2. The van der Waals surface area contributed by atoms with Crippen LogP contribution in [0.2, 0.25) is 0 Å². The van der Waals surface area contributed by atoms with Gasteiger partial charge in [0.05, 0.1) is 5.75 Å². The van der Waals surface area contributed by atoms with Crippen molar-refractivity contribution in [2.45, 2.75) is 43.8 Å². The molecule has 1 heterocycles. The fourth-order valence-corrected chi connectivity index (χ4v) is 2.67.